The quantitative estimate of drug-likeness (QED) is 0.249. The number of halogens is 2. The molecule has 4 aliphatic rings. The fraction of sp³-hybridized carbons (Fsp3) is 0.314. The Kier molecular flexibility index (Phi) is 7.39. The second kappa shape index (κ2) is 11.1. The Morgan fingerprint density at radius 1 is 0.935 bits per heavy atom. The van der Waals surface area contributed by atoms with Gasteiger partial charge >= 0.3 is 0 Å². The van der Waals surface area contributed by atoms with Crippen molar-refractivity contribution in [2.24, 2.45) is 23.7 Å². The maximum Gasteiger partial charge on any atom is 0.260 e. The number of hydrogen-bond donors (Lipinski definition) is 2. The third kappa shape index (κ3) is 4.17. The average Bonchev–Trinajstić information content (AvgIpc) is 3.42. The SMILES string of the molecule is COc1cc([C@H]2C3=CC[C@@H]4C(=O)N(C)C(=O)[C@@H]4[C@@H]3C[C@H]3C(=O)N(Nc4ccc(C)cc4)C(=O)[C@@]23c2ccccc2)c(Br)c(Br)c1O. The predicted molar refractivity (Wildman–Crippen MR) is 177 cm³/mol. The number of carbonyl (C=O) groups excluding carboxylic acids is 4. The predicted octanol–water partition coefficient (Wildman–Crippen LogP) is 5.85. The summed E-state index contributed by atoms with van der Waals surface area (Å²) in [4.78, 5) is 57.9. The number of allylic oxidation sites excluding steroid dienone is 2. The van der Waals surface area contributed by atoms with Crippen LogP contribution in [0.2, 0.25) is 0 Å². The summed E-state index contributed by atoms with van der Waals surface area (Å²) in [7, 11) is 2.95. The molecule has 9 nitrogen and oxygen atoms in total. The standard InChI is InChI=1S/C35H31Br2N3O6/c1-17-9-11-19(12-10-17)38-40-32(43)24-15-22-20(13-14-21-26(22)33(44)39(2)31(21)42)27(23-16-25(46-3)30(41)29(37)28(23)36)35(24,34(40)45)18-7-5-4-6-8-18/h4-13,16,21-22,24,26-27,38,41H,14-15H2,1-3H3/t21-,22+,24-,26-,27+,35+/m0/s1. The third-order valence-electron chi connectivity index (χ3n) is 10.3. The molecule has 7 rings (SSSR count). The zero-order valence-corrected chi connectivity index (χ0v) is 28.5. The Balaban J connectivity index is 1.51. The fourth-order valence-corrected chi connectivity index (χ4v) is 9.18. The van der Waals surface area contributed by atoms with Gasteiger partial charge in [-0.2, -0.15) is 5.01 Å². The maximum absolute atomic E-state index is 15.2. The molecule has 1 saturated carbocycles. The van der Waals surface area contributed by atoms with Crippen LogP contribution in [0.15, 0.2) is 81.3 Å². The number of aryl methyl sites for hydroxylation is 1. The second-order valence-electron chi connectivity index (χ2n) is 12.5. The number of methoxy groups -OCH3 is 1. The van der Waals surface area contributed by atoms with E-state index in [0.717, 1.165) is 16.1 Å². The molecule has 46 heavy (non-hydrogen) atoms. The van der Waals surface area contributed by atoms with E-state index in [1.807, 2.05) is 67.6 Å². The van der Waals surface area contributed by atoms with E-state index >= 15 is 4.79 Å². The minimum atomic E-state index is -1.44. The molecular formula is C35H31Br2N3O6. The number of ether oxygens (including phenoxy) is 1. The Hall–Kier alpha value is -3.96. The van der Waals surface area contributed by atoms with Crippen LogP contribution in [-0.2, 0) is 24.6 Å². The number of benzene rings is 3. The number of aromatic hydroxyl groups is 1. The number of nitrogens with zero attached hydrogens (tertiary/aromatic N) is 2. The van der Waals surface area contributed by atoms with E-state index in [-0.39, 0.29) is 29.7 Å². The van der Waals surface area contributed by atoms with Crippen molar-refractivity contribution in [2.45, 2.75) is 31.1 Å². The number of phenolic OH excluding ortho intramolecular Hbond substituents is 1. The molecule has 3 aromatic rings. The van der Waals surface area contributed by atoms with Crippen LogP contribution in [0.4, 0.5) is 5.69 Å². The number of fused-ring (bicyclic) bond motifs is 4. The smallest absolute Gasteiger partial charge is 0.260 e. The number of phenols is 1. The molecule has 3 aromatic carbocycles. The number of likely N-dealkylation sites (tertiary alicyclic amines) is 1. The highest BCUT2D eigenvalue weighted by Gasteiger charge is 2.70. The molecule has 2 saturated heterocycles. The first-order chi connectivity index (χ1) is 22.0. The van der Waals surface area contributed by atoms with Crippen LogP contribution in [0.5, 0.6) is 11.5 Å². The van der Waals surface area contributed by atoms with Gasteiger partial charge in [-0.05, 0) is 86.9 Å². The van der Waals surface area contributed by atoms with Crippen molar-refractivity contribution in [1.29, 1.82) is 0 Å². The van der Waals surface area contributed by atoms with E-state index in [1.165, 1.54) is 19.1 Å². The summed E-state index contributed by atoms with van der Waals surface area (Å²) in [6, 6.07) is 18.4. The summed E-state index contributed by atoms with van der Waals surface area (Å²) >= 11 is 7.20. The van der Waals surface area contributed by atoms with E-state index in [0.29, 0.717) is 32.2 Å². The molecule has 4 amide bonds. The van der Waals surface area contributed by atoms with E-state index < -0.39 is 46.8 Å². The minimum absolute atomic E-state index is 0.122. The highest BCUT2D eigenvalue weighted by molar-refractivity contribution is 9.13. The van der Waals surface area contributed by atoms with Gasteiger partial charge in [-0.3, -0.25) is 29.5 Å². The molecule has 0 unspecified atom stereocenters. The first-order valence-electron chi connectivity index (χ1n) is 15.1. The number of nitrogens with one attached hydrogen (secondary N) is 1. The van der Waals surface area contributed by atoms with Gasteiger partial charge in [-0.1, -0.05) is 59.7 Å². The number of carbonyl (C=O) groups is 4. The number of amides is 4. The summed E-state index contributed by atoms with van der Waals surface area (Å²) in [6.45, 7) is 1.95. The van der Waals surface area contributed by atoms with Gasteiger partial charge in [0.1, 0.15) is 0 Å². The zero-order chi connectivity index (χ0) is 32.7. The molecule has 11 heteroatoms. The van der Waals surface area contributed by atoms with Gasteiger partial charge in [-0.15, -0.1) is 0 Å². The van der Waals surface area contributed by atoms with E-state index in [4.69, 9.17) is 4.74 Å². The zero-order valence-electron chi connectivity index (χ0n) is 25.3. The van der Waals surface area contributed by atoms with E-state index in [2.05, 4.69) is 37.3 Å². The number of hydrogen-bond acceptors (Lipinski definition) is 7. The molecule has 236 valence electrons. The lowest BCUT2D eigenvalue weighted by atomic mass is 9.49. The molecule has 6 atom stereocenters. The van der Waals surface area contributed by atoms with Crippen molar-refractivity contribution in [2.75, 3.05) is 19.6 Å². The van der Waals surface area contributed by atoms with Crippen LogP contribution >= 0.6 is 31.9 Å². The fourth-order valence-electron chi connectivity index (χ4n) is 8.23. The van der Waals surface area contributed by atoms with Crippen molar-refractivity contribution >= 4 is 61.2 Å². The van der Waals surface area contributed by atoms with Gasteiger partial charge in [-0.25, -0.2) is 0 Å². The monoisotopic (exact) mass is 747 g/mol. The lowest BCUT2D eigenvalue weighted by Crippen LogP contribution is -2.53. The van der Waals surface area contributed by atoms with Crippen LogP contribution in [-0.4, -0.2) is 52.8 Å². The van der Waals surface area contributed by atoms with Crippen molar-refractivity contribution < 1.29 is 29.0 Å². The maximum atomic E-state index is 15.2. The largest absolute Gasteiger partial charge is 0.503 e. The van der Waals surface area contributed by atoms with Crippen LogP contribution in [0.25, 0.3) is 0 Å². The first-order valence-corrected chi connectivity index (χ1v) is 16.6. The lowest BCUT2D eigenvalue weighted by molar-refractivity contribution is -0.140. The average molecular weight is 749 g/mol. The number of anilines is 1. The van der Waals surface area contributed by atoms with Crippen LogP contribution in [0.1, 0.15) is 35.4 Å². The molecule has 3 fully saturated rings. The van der Waals surface area contributed by atoms with Gasteiger partial charge < -0.3 is 9.84 Å². The van der Waals surface area contributed by atoms with Crippen molar-refractivity contribution in [3.63, 3.8) is 0 Å². The third-order valence-corrected chi connectivity index (χ3v) is 12.5. The molecule has 2 heterocycles. The normalized spacial score (nSPS) is 28.5. The van der Waals surface area contributed by atoms with Crippen LogP contribution in [0, 0.1) is 30.6 Å². The highest BCUT2D eigenvalue weighted by atomic mass is 79.9. The molecule has 2 aliphatic carbocycles. The summed E-state index contributed by atoms with van der Waals surface area (Å²) in [6.07, 6.45) is 2.53. The summed E-state index contributed by atoms with van der Waals surface area (Å²) in [5, 5.41) is 12.0. The molecule has 2 aliphatic heterocycles. The number of imide groups is 2. The van der Waals surface area contributed by atoms with Gasteiger partial charge in [0.15, 0.2) is 11.5 Å². The summed E-state index contributed by atoms with van der Waals surface area (Å²) < 4.78 is 6.39. The van der Waals surface area contributed by atoms with Gasteiger partial charge in [0.2, 0.25) is 11.8 Å². The topological polar surface area (TPSA) is 116 Å². The molecule has 0 aromatic heterocycles. The van der Waals surface area contributed by atoms with Gasteiger partial charge in [0, 0.05) is 17.4 Å². The van der Waals surface area contributed by atoms with Crippen LogP contribution in [0.3, 0.4) is 0 Å². The Labute approximate surface area is 282 Å². The van der Waals surface area contributed by atoms with Crippen LogP contribution < -0.4 is 10.2 Å². The summed E-state index contributed by atoms with van der Waals surface area (Å²) in [5.41, 5.74) is 5.34. The van der Waals surface area contributed by atoms with Gasteiger partial charge in [0.25, 0.3) is 11.8 Å². The Morgan fingerprint density at radius 2 is 1.63 bits per heavy atom. The molecule has 0 spiro atoms. The molecular weight excluding hydrogens is 718 g/mol. The molecule has 0 bridgehead atoms. The number of rotatable bonds is 5. The van der Waals surface area contributed by atoms with E-state index in [1.54, 1.807) is 6.07 Å². The highest BCUT2D eigenvalue weighted by Crippen LogP contribution is 2.65. The van der Waals surface area contributed by atoms with Gasteiger partial charge in [0.05, 0.1) is 40.4 Å². The molecule has 0 radical (unpaired) electrons. The lowest BCUT2D eigenvalue weighted by Gasteiger charge is -2.51. The van der Waals surface area contributed by atoms with Crippen molar-refractivity contribution in [3.05, 3.63) is 97.9 Å². The minimum Gasteiger partial charge on any atom is -0.503 e. The Bertz CT molecular complexity index is 1840. The van der Waals surface area contributed by atoms with Crippen molar-refractivity contribution in [1.82, 2.24) is 9.91 Å². The molecule has 2 N–H and O–H groups in total. The van der Waals surface area contributed by atoms with E-state index in [9.17, 15) is 19.5 Å². The second-order valence-corrected chi connectivity index (χ2v) is 14.1. The Morgan fingerprint density at radius 3 is 2.30 bits per heavy atom. The summed E-state index contributed by atoms with van der Waals surface area (Å²) in [5.74, 6) is -4.60. The van der Waals surface area contributed by atoms with Crippen molar-refractivity contribution in [3.8, 4) is 11.5 Å². The first kappa shape index (κ1) is 30.7. The number of hydrazine groups is 1.